The van der Waals surface area contributed by atoms with Crippen molar-refractivity contribution in [1.82, 2.24) is 4.98 Å². The van der Waals surface area contributed by atoms with Crippen molar-refractivity contribution in [2.45, 2.75) is 30.4 Å². The molecule has 0 amide bonds. The average Bonchev–Trinajstić information content (AvgIpc) is 2.81. The fourth-order valence-corrected chi connectivity index (χ4v) is 3.95. The van der Waals surface area contributed by atoms with Crippen molar-refractivity contribution in [1.29, 1.82) is 0 Å². The van der Waals surface area contributed by atoms with Crippen molar-refractivity contribution in [2.75, 3.05) is 4.72 Å². The molecule has 2 aromatic heterocycles. The largest absolute Gasteiger partial charge is 0.276 e. The van der Waals surface area contributed by atoms with Crippen LogP contribution in [0.4, 0.5) is 10.1 Å². The Bertz CT molecular complexity index is 718. The molecule has 108 valence electrons. The minimum atomic E-state index is -3.77. The molecule has 4 nitrogen and oxygen atoms in total. The van der Waals surface area contributed by atoms with E-state index in [0.717, 1.165) is 11.1 Å². The number of nitrogens with one attached hydrogen (secondary N) is 1. The van der Waals surface area contributed by atoms with Gasteiger partial charge in [0.15, 0.2) is 5.82 Å². The van der Waals surface area contributed by atoms with E-state index in [4.69, 9.17) is 0 Å². The van der Waals surface area contributed by atoms with Crippen LogP contribution in [0.1, 0.15) is 25.6 Å². The third kappa shape index (κ3) is 3.16. The molecule has 2 heterocycles. The highest BCUT2D eigenvalue weighted by atomic mass is 32.2. The van der Waals surface area contributed by atoms with Crippen LogP contribution in [0.2, 0.25) is 0 Å². The summed E-state index contributed by atoms with van der Waals surface area (Å²) in [6.45, 7) is 6.02. The van der Waals surface area contributed by atoms with Crippen molar-refractivity contribution in [3.63, 3.8) is 0 Å². The van der Waals surface area contributed by atoms with Crippen LogP contribution in [0.15, 0.2) is 34.8 Å². The van der Waals surface area contributed by atoms with Gasteiger partial charge in [-0.1, -0.05) is 20.8 Å². The number of nitrogens with zero attached hydrogens (tertiary/aromatic N) is 1. The Labute approximate surface area is 121 Å². The van der Waals surface area contributed by atoms with Gasteiger partial charge in [-0.3, -0.25) is 9.71 Å². The molecule has 0 aliphatic heterocycles. The number of thiophene rings is 1. The highest BCUT2D eigenvalue weighted by Gasteiger charge is 2.22. The number of anilines is 1. The topological polar surface area (TPSA) is 59.1 Å². The molecule has 20 heavy (non-hydrogen) atoms. The fourth-order valence-electron chi connectivity index (χ4n) is 1.52. The summed E-state index contributed by atoms with van der Waals surface area (Å²) in [7, 11) is -3.77. The van der Waals surface area contributed by atoms with Gasteiger partial charge in [0, 0.05) is 11.1 Å². The van der Waals surface area contributed by atoms with Gasteiger partial charge >= 0.3 is 0 Å². The lowest BCUT2D eigenvalue weighted by molar-refractivity contribution is 0.599. The van der Waals surface area contributed by atoms with Crippen LogP contribution in [0, 0.1) is 5.82 Å². The van der Waals surface area contributed by atoms with E-state index in [1.165, 1.54) is 29.7 Å². The van der Waals surface area contributed by atoms with Gasteiger partial charge in [-0.15, -0.1) is 11.3 Å². The Balaban J connectivity index is 2.32. The highest BCUT2D eigenvalue weighted by molar-refractivity contribution is 7.94. The van der Waals surface area contributed by atoms with Gasteiger partial charge < -0.3 is 0 Å². The maximum Gasteiger partial charge on any atom is 0.271 e. The molecule has 0 saturated carbocycles. The molecule has 0 unspecified atom stereocenters. The van der Waals surface area contributed by atoms with E-state index < -0.39 is 15.8 Å². The van der Waals surface area contributed by atoms with E-state index in [9.17, 15) is 12.8 Å². The molecule has 0 spiro atoms. The number of rotatable bonds is 3. The Morgan fingerprint density at radius 2 is 1.95 bits per heavy atom. The summed E-state index contributed by atoms with van der Waals surface area (Å²) >= 11 is 1.18. The molecule has 0 fully saturated rings. The van der Waals surface area contributed by atoms with Crippen molar-refractivity contribution >= 4 is 27.0 Å². The lowest BCUT2D eigenvalue weighted by atomic mass is 9.95. The van der Waals surface area contributed by atoms with Gasteiger partial charge in [-0.2, -0.15) is 0 Å². The molecule has 0 aliphatic rings. The summed E-state index contributed by atoms with van der Waals surface area (Å²) in [4.78, 5) is 4.53. The van der Waals surface area contributed by atoms with Gasteiger partial charge in [0.1, 0.15) is 4.21 Å². The maximum absolute atomic E-state index is 13.4. The van der Waals surface area contributed by atoms with Crippen LogP contribution in [0.5, 0.6) is 0 Å². The van der Waals surface area contributed by atoms with Gasteiger partial charge in [0.2, 0.25) is 0 Å². The van der Waals surface area contributed by atoms with Gasteiger partial charge in [-0.25, -0.2) is 12.8 Å². The van der Waals surface area contributed by atoms with Crippen LogP contribution in [-0.4, -0.2) is 13.4 Å². The zero-order chi connectivity index (χ0) is 15.0. The van der Waals surface area contributed by atoms with Crippen LogP contribution >= 0.6 is 11.3 Å². The Hall–Kier alpha value is -1.47. The summed E-state index contributed by atoms with van der Waals surface area (Å²) < 4.78 is 40.3. The number of hydrogen-bond acceptors (Lipinski definition) is 4. The Morgan fingerprint density at radius 1 is 1.25 bits per heavy atom. The third-order valence-corrected chi connectivity index (χ3v) is 5.97. The van der Waals surface area contributed by atoms with Crippen LogP contribution < -0.4 is 4.72 Å². The fraction of sp³-hybridized carbons (Fsp3) is 0.308. The van der Waals surface area contributed by atoms with Crippen LogP contribution in [0.25, 0.3) is 0 Å². The first-order chi connectivity index (χ1) is 9.20. The summed E-state index contributed by atoms with van der Waals surface area (Å²) in [5.41, 5.74) is -0.230. The second-order valence-electron chi connectivity index (χ2n) is 5.33. The average molecular weight is 314 g/mol. The molecule has 0 aliphatic carbocycles. The second-order valence-corrected chi connectivity index (χ2v) is 8.32. The molecule has 2 rings (SSSR count). The number of sulfonamides is 1. The predicted molar refractivity (Wildman–Crippen MR) is 78.0 cm³/mol. The van der Waals surface area contributed by atoms with E-state index in [-0.39, 0.29) is 15.3 Å². The summed E-state index contributed by atoms with van der Waals surface area (Å²) in [6.07, 6.45) is 2.29. The SMILES string of the molecule is CC(C)(C)c1ccc(S(=O)(=O)Nc2ccncc2F)s1. The van der Waals surface area contributed by atoms with Gasteiger partial charge in [0.25, 0.3) is 10.0 Å². The lowest BCUT2D eigenvalue weighted by Gasteiger charge is -2.15. The van der Waals surface area contributed by atoms with Crippen molar-refractivity contribution in [3.8, 4) is 0 Å². The number of pyridine rings is 1. The number of halogens is 1. The standard InChI is InChI=1S/C13H15FN2O2S2/c1-13(2,3)11-4-5-12(19-11)20(17,18)16-10-6-7-15-8-9(10)14/h4-8H,1-3H3,(H,15,16). The summed E-state index contributed by atoms with van der Waals surface area (Å²) in [6, 6.07) is 4.60. The minimum absolute atomic E-state index is 0.106. The monoisotopic (exact) mass is 314 g/mol. The highest BCUT2D eigenvalue weighted by Crippen LogP contribution is 2.32. The molecule has 0 bridgehead atoms. The first-order valence-corrected chi connectivity index (χ1v) is 8.23. The van der Waals surface area contributed by atoms with E-state index >= 15 is 0 Å². The Morgan fingerprint density at radius 3 is 2.50 bits per heavy atom. The minimum Gasteiger partial charge on any atom is -0.276 e. The molecular formula is C13H15FN2O2S2. The van der Waals surface area contributed by atoms with Gasteiger partial charge in [-0.05, 0) is 23.6 Å². The van der Waals surface area contributed by atoms with Crippen LogP contribution in [-0.2, 0) is 15.4 Å². The molecular weight excluding hydrogens is 299 g/mol. The zero-order valence-electron chi connectivity index (χ0n) is 11.3. The maximum atomic E-state index is 13.4. The molecule has 0 atom stereocenters. The first kappa shape index (κ1) is 14.9. The van der Waals surface area contributed by atoms with E-state index in [1.54, 1.807) is 6.07 Å². The number of hydrogen-bond donors (Lipinski definition) is 1. The summed E-state index contributed by atoms with van der Waals surface area (Å²) in [5, 5.41) is 0. The quantitative estimate of drug-likeness (QED) is 0.945. The molecule has 7 heteroatoms. The Kier molecular flexibility index (Phi) is 3.84. The molecule has 1 N–H and O–H groups in total. The van der Waals surface area contributed by atoms with E-state index in [2.05, 4.69) is 9.71 Å². The van der Waals surface area contributed by atoms with Crippen molar-refractivity contribution < 1.29 is 12.8 Å². The van der Waals surface area contributed by atoms with Crippen molar-refractivity contribution in [3.05, 3.63) is 41.3 Å². The normalized spacial score (nSPS) is 12.4. The molecule has 0 saturated heterocycles. The lowest BCUT2D eigenvalue weighted by Crippen LogP contribution is -2.13. The number of aromatic nitrogens is 1. The molecule has 0 radical (unpaired) electrons. The predicted octanol–water partition coefficient (Wildman–Crippen LogP) is 3.38. The summed E-state index contributed by atoms with van der Waals surface area (Å²) in [5.74, 6) is -0.705. The second kappa shape index (κ2) is 5.14. The van der Waals surface area contributed by atoms with Gasteiger partial charge in [0.05, 0.1) is 11.9 Å². The molecule has 2 aromatic rings. The zero-order valence-corrected chi connectivity index (χ0v) is 13.0. The smallest absolute Gasteiger partial charge is 0.271 e. The van der Waals surface area contributed by atoms with E-state index in [0.29, 0.717) is 0 Å². The first-order valence-electron chi connectivity index (χ1n) is 5.93. The van der Waals surface area contributed by atoms with Crippen LogP contribution in [0.3, 0.4) is 0 Å². The van der Waals surface area contributed by atoms with E-state index in [1.807, 2.05) is 20.8 Å². The third-order valence-electron chi connectivity index (χ3n) is 2.60. The van der Waals surface area contributed by atoms with Crippen molar-refractivity contribution in [2.24, 2.45) is 0 Å². The molecule has 0 aromatic carbocycles.